The van der Waals surface area contributed by atoms with Crippen LogP contribution >= 0.6 is 11.8 Å². The van der Waals surface area contributed by atoms with Crippen LogP contribution in [0.15, 0.2) is 58.9 Å². The summed E-state index contributed by atoms with van der Waals surface area (Å²) in [7, 11) is 0. The van der Waals surface area contributed by atoms with Gasteiger partial charge in [0.25, 0.3) is 0 Å². The van der Waals surface area contributed by atoms with E-state index in [-0.39, 0.29) is 5.78 Å². The number of fused-ring (bicyclic) bond motifs is 1. The van der Waals surface area contributed by atoms with Crippen LogP contribution in [0.1, 0.15) is 35.3 Å². The van der Waals surface area contributed by atoms with E-state index >= 15 is 0 Å². The SMILES string of the molecule is C=CCc1cc(/C=C2\Sc3ccccc3C2=O)cc(OCC)c1OCC. The van der Waals surface area contributed by atoms with E-state index in [0.717, 1.165) is 32.2 Å². The highest BCUT2D eigenvalue weighted by Crippen LogP contribution is 2.42. The Hall–Kier alpha value is -2.46. The van der Waals surface area contributed by atoms with E-state index in [1.807, 2.05) is 62.4 Å². The van der Waals surface area contributed by atoms with Gasteiger partial charge in [-0.15, -0.1) is 6.58 Å². The summed E-state index contributed by atoms with van der Waals surface area (Å²) in [5, 5.41) is 0. The summed E-state index contributed by atoms with van der Waals surface area (Å²) in [5.41, 5.74) is 2.70. The highest BCUT2D eigenvalue weighted by molar-refractivity contribution is 8.04. The van der Waals surface area contributed by atoms with Gasteiger partial charge < -0.3 is 9.47 Å². The van der Waals surface area contributed by atoms with E-state index in [1.165, 1.54) is 11.8 Å². The largest absolute Gasteiger partial charge is 0.490 e. The first-order valence-electron chi connectivity index (χ1n) is 8.74. The number of carbonyl (C=O) groups is 1. The molecule has 0 N–H and O–H groups in total. The molecule has 0 aliphatic carbocycles. The number of ether oxygens (including phenoxy) is 2. The van der Waals surface area contributed by atoms with Crippen molar-refractivity contribution in [2.24, 2.45) is 0 Å². The van der Waals surface area contributed by atoms with Gasteiger partial charge in [0.2, 0.25) is 5.78 Å². The zero-order chi connectivity index (χ0) is 18.5. The van der Waals surface area contributed by atoms with Crippen LogP contribution in [-0.2, 0) is 6.42 Å². The van der Waals surface area contributed by atoms with Gasteiger partial charge in [0.1, 0.15) is 0 Å². The minimum atomic E-state index is 0.0720. The monoisotopic (exact) mass is 366 g/mol. The van der Waals surface area contributed by atoms with Crippen molar-refractivity contribution in [1.29, 1.82) is 0 Å². The van der Waals surface area contributed by atoms with Gasteiger partial charge in [-0.2, -0.15) is 0 Å². The van der Waals surface area contributed by atoms with Crippen molar-refractivity contribution in [2.75, 3.05) is 13.2 Å². The Morgan fingerprint density at radius 2 is 1.88 bits per heavy atom. The molecule has 4 heteroatoms. The van der Waals surface area contributed by atoms with Gasteiger partial charge in [0, 0.05) is 16.0 Å². The number of allylic oxidation sites excluding steroid dienone is 2. The second-order valence-corrected chi connectivity index (χ2v) is 6.89. The van der Waals surface area contributed by atoms with Gasteiger partial charge in [0.15, 0.2) is 11.5 Å². The van der Waals surface area contributed by atoms with Gasteiger partial charge in [-0.05, 0) is 56.2 Å². The van der Waals surface area contributed by atoms with Gasteiger partial charge in [0.05, 0.1) is 18.1 Å². The molecule has 2 aromatic rings. The Balaban J connectivity index is 2.03. The molecule has 3 nitrogen and oxygen atoms in total. The van der Waals surface area contributed by atoms with E-state index in [4.69, 9.17) is 9.47 Å². The molecule has 0 saturated heterocycles. The van der Waals surface area contributed by atoms with Crippen LogP contribution < -0.4 is 9.47 Å². The maximum Gasteiger partial charge on any atom is 0.200 e. The summed E-state index contributed by atoms with van der Waals surface area (Å²) < 4.78 is 11.6. The third-order valence-electron chi connectivity index (χ3n) is 3.98. The summed E-state index contributed by atoms with van der Waals surface area (Å²) in [6, 6.07) is 11.7. The average molecular weight is 366 g/mol. The Bertz CT molecular complexity index is 868. The second-order valence-electron chi connectivity index (χ2n) is 5.80. The number of rotatable bonds is 7. The molecule has 2 aromatic carbocycles. The van der Waals surface area contributed by atoms with Gasteiger partial charge in [-0.25, -0.2) is 0 Å². The predicted octanol–water partition coefficient (Wildman–Crippen LogP) is 5.54. The molecule has 134 valence electrons. The third-order valence-corrected chi connectivity index (χ3v) is 5.08. The number of ketones is 1. The Morgan fingerprint density at radius 1 is 1.12 bits per heavy atom. The van der Waals surface area contributed by atoms with E-state index in [2.05, 4.69) is 6.58 Å². The standard InChI is InChI=1S/C22H22O3S/c1-4-9-16-12-15(13-18(24-5-2)22(16)25-6-3)14-20-21(23)17-10-7-8-11-19(17)26-20/h4,7-8,10-14H,1,5-6,9H2,2-3H3/b20-14-. The van der Waals surface area contributed by atoms with E-state index in [0.29, 0.717) is 25.4 Å². The molecule has 0 saturated carbocycles. The van der Waals surface area contributed by atoms with Crippen LogP contribution in [0.5, 0.6) is 11.5 Å². The first kappa shape index (κ1) is 18.3. The van der Waals surface area contributed by atoms with Crippen LogP contribution in [0.25, 0.3) is 6.08 Å². The lowest BCUT2D eigenvalue weighted by Gasteiger charge is -2.16. The number of benzene rings is 2. The lowest BCUT2D eigenvalue weighted by molar-refractivity contribution is 0.104. The van der Waals surface area contributed by atoms with Crippen LogP contribution in [0.2, 0.25) is 0 Å². The minimum Gasteiger partial charge on any atom is -0.490 e. The molecule has 3 rings (SSSR count). The van der Waals surface area contributed by atoms with Gasteiger partial charge in [-0.1, -0.05) is 30.0 Å². The summed E-state index contributed by atoms with van der Waals surface area (Å²) in [6.07, 6.45) is 4.45. The summed E-state index contributed by atoms with van der Waals surface area (Å²) in [6.45, 7) is 8.85. The first-order chi connectivity index (χ1) is 12.7. The Labute approximate surface area is 158 Å². The van der Waals surface area contributed by atoms with Gasteiger partial charge >= 0.3 is 0 Å². The summed E-state index contributed by atoms with van der Waals surface area (Å²) >= 11 is 1.51. The molecular formula is C22H22O3S. The van der Waals surface area contributed by atoms with Crippen LogP contribution in [-0.4, -0.2) is 19.0 Å². The number of hydrogen-bond acceptors (Lipinski definition) is 4. The van der Waals surface area contributed by atoms with Crippen molar-refractivity contribution in [2.45, 2.75) is 25.2 Å². The average Bonchev–Trinajstić information content (AvgIpc) is 2.94. The number of thioether (sulfide) groups is 1. The maximum atomic E-state index is 12.6. The van der Waals surface area contributed by atoms with Crippen molar-refractivity contribution in [3.63, 3.8) is 0 Å². The zero-order valence-electron chi connectivity index (χ0n) is 15.1. The molecule has 1 aliphatic heterocycles. The fourth-order valence-corrected chi connectivity index (χ4v) is 3.98. The van der Waals surface area contributed by atoms with Crippen molar-refractivity contribution in [3.8, 4) is 11.5 Å². The van der Waals surface area contributed by atoms with E-state index < -0.39 is 0 Å². The molecule has 0 atom stereocenters. The topological polar surface area (TPSA) is 35.5 Å². The molecule has 0 bridgehead atoms. The molecule has 26 heavy (non-hydrogen) atoms. The summed E-state index contributed by atoms with van der Waals surface area (Å²) in [4.78, 5) is 14.4. The molecule has 0 fully saturated rings. The van der Waals surface area contributed by atoms with Crippen molar-refractivity contribution in [3.05, 3.63) is 70.6 Å². The highest BCUT2D eigenvalue weighted by Gasteiger charge is 2.25. The Morgan fingerprint density at radius 3 is 2.58 bits per heavy atom. The lowest BCUT2D eigenvalue weighted by atomic mass is 10.0. The Kier molecular flexibility index (Phi) is 5.84. The number of Topliss-reactive ketones (excluding diaryl/α,β-unsaturated/α-hetero) is 1. The highest BCUT2D eigenvalue weighted by atomic mass is 32.2. The van der Waals surface area contributed by atoms with Crippen molar-refractivity contribution < 1.29 is 14.3 Å². The normalized spacial score (nSPS) is 14.4. The molecule has 0 aromatic heterocycles. The maximum absolute atomic E-state index is 12.6. The first-order valence-corrected chi connectivity index (χ1v) is 9.56. The van der Waals surface area contributed by atoms with Crippen molar-refractivity contribution >= 4 is 23.6 Å². The zero-order valence-corrected chi connectivity index (χ0v) is 15.9. The molecule has 0 radical (unpaired) electrons. The lowest BCUT2D eigenvalue weighted by Crippen LogP contribution is -2.02. The molecule has 0 spiro atoms. The molecule has 0 amide bonds. The fourth-order valence-electron chi connectivity index (χ4n) is 2.93. The quantitative estimate of drug-likeness (QED) is 0.476. The van der Waals surface area contributed by atoms with Crippen molar-refractivity contribution in [1.82, 2.24) is 0 Å². The summed E-state index contributed by atoms with van der Waals surface area (Å²) in [5.74, 6) is 1.53. The van der Waals surface area contributed by atoms with Crippen LogP contribution in [0.3, 0.4) is 0 Å². The number of carbonyl (C=O) groups excluding carboxylic acids is 1. The molecular weight excluding hydrogens is 344 g/mol. The van der Waals surface area contributed by atoms with Gasteiger partial charge in [-0.3, -0.25) is 4.79 Å². The van der Waals surface area contributed by atoms with Crippen LogP contribution in [0.4, 0.5) is 0 Å². The smallest absolute Gasteiger partial charge is 0.200 e. The van der Waals surface area contributed by atoms with E-state index in [1.54, 1.807) is 0 Å². The molecule has 1 heterocycles. The van der Waals surface area contributed by atoms with Crippen LogP contribution in [0, 0.1) is 0 Å². The predicted molar refractivity (Wildman–Crippen MR) is 107 cm³/mol. The fraction of sp³-hybridized carbons (Fsp3) is 0.227. The second kappa shape index (κ2) is 8.28. The van der Waals surface area contributed by atoms with E-state index in [9.17, 15) is 4.79 Å². The number of hydrogen-bond donors (Lipinski definition) is 0. The minimum absolute atomic E-state index is 0.0720. The molecule has 1 aliphatic rings. The molecule has 0 unspecified atom stereocenters. The third kappa shape index (κ3) is 3.70.